The molecular formula is C45H89NO4. The van der Waals surface area contributed by atoms with Gasteiger partial charge in [0.2, 0.25) is 0 Å². The first-order valence-corrected chi connectivity index (χ1v) is 22.0. The molecule has 0 N–H and O–H groups in total. The maximum absolute atomic E-state index is 12.7. The van der Waals surface area contributed by atoms with E-state index in [1.165, 1.54) is 161 Å². The lowest BCUT2D eigenvalue weighted by atomic mass is 9.90. The number of nitrogens with zero attached hydrogens (tertiary/aromatic N) is 1. The van der Waals surface area contributed by atoms with Crippen LogP contribution in [0.4, 0.5) is 0 Å². The van der Waals surface area contributed by atoms with E-state index in [-0.39, 0.29) is 25.3 Å². The molecule has 1 fully saturated rings. The minimum Gasteiger partial charge on any atom is -0.466 e. The van der Waals surface area contributed by atoms with Gasteiger partial charge in [-0.3, -0.25) is 9.59 Å². The Hall–Kier alpha value is -1.10. The van der Waals surface area contributed by atoms with Gasteiger partial charge in [0.1, 0.15) is 0 Å². The molecule has 1 rings (SSSR count). The van der Waals surface area contributed by atoms with E-state index in [1.807, 2.05) is 0 Å². The summed E-state index contributed by atoms with van der Waals surface area (Å²) in [6.45, 7) is 9.71. The number of carbonyl (C=O) groups excluding carboxylic acids is 2. The molecule has 0 amide bonds. The second-order valence-electron chi connectivity index (χ2n) is 15.9. The topological polar surface area (TPSA) is 55.8 Å². The van der Waals surface area contributed by atoms with E-state index in [9.17, 15) is 9.59 Å². The molecular weight excluding hydrogens is 618 g/mol. The van der Waals surface area contributed by atoms with Crippen molar-refractivity contribution in [3.8, 4) is 0 Å². The molecule has 50 heavy (non-hydrogen) atoms. The molecule has 0 aliphatic carbocycles. The van der Waals surface area contributed by atoms with E-state index in [1.54, 1.807) is 0 Å². The number of carbonyl (C=O) groups is 2. The van der Waals surface area contributed by atoms with Crippen molar-refractivity contribution in [3.05, 3.63) is 0 Å². The molecule has 0 spiro atoms. The first-order chi connectivity index (χ1) is 24.0. The van der Waals surface area contributed by atoms with Gasteiger partial charge in [-0.1, -0.05) is 182 Å². The van der Waals surface area contributed by atoms with Crippen molar-refractivity contribution in [1.82, 2.24) is 4.90 Å². The maximum Gasteiger partial charge on any atom is 0.310 e. The lowest BCUT2D eigenvalue weighted by molar-refractivity contribution is -0.150. The standard InChI is InChI=1S/C44H85NO4.CH4/c1-5-8-11-14-17-20-23-26-31-41(39-49-44(47)42-35-36-45(4)38-42)32-27-34-43(46)48-37-28-33-40(29-24-21-18-15-12-9-6-2)30-25-22-19-16-13-10-7-3;/h40-42H,5-39H2,1-4H3;1H4. The van der Waals surface area contributed by atoms with Gasteiger partial charge in [-0.25, -0.2) is 0 Å². The molecule has 298 valence electrons. The monoisotopic (exact) mass is 708 g/mol. The van der Waals surface area contributed by atoms with Crippen LogP contribution < -0.4 is 0 Å². The van der Waals surface area contributed by atoms with Crippen molar-refractivity contribution in [1.29, 1.82) is 0 Å². The first kappa shape index (κ1) is 48.9. The third-order valence-corrected chi connectivity index (χ3v) is 11.1. The van der Waals surface area contributed by atoms with Crippen molar-refractivity contribution in [2.75, 3.05) is 33.4 Å². The smallest absolute Gasteiger partial charge is 0.310 e. The molecule has 0 saturated carbocycles. The second kappa shape index (κ2) is 36.3. The molecule has 2 unspecified atom stereocenters. The summed E-state index contributed by atoms with van der Waals surface area (Å²) in [7, 11) is 2.07. The van der Waals surface area contributed by atoms with E-state index in [0.717, 1.165) is 51.1 Å². The van der Waals surface area contributed by atoms with Crippen LogP contribution in [-0.2, 0) is 19.1 Å². The Morgan fingerprint density at radius 3 is 1.44 bits per heavy atom. The van der Waals surface area contributed by atoms with Crippen molar-refractivity contribution >= 4 is 11.9 Å². The second-order valence-corrected chi connectivity index (χ2v) is 15.9. The van der Waals surface area contributed by atoms with Crippen LogP contribution in [0.2, 0.25) is 0 Å². The summed E-state index contributed by atoms with van der Waals surface area (Å²) in [5, 5.41) is 0. The van der Waals surface area contributed by atoms with Crippen LogP contribution in [0.15, 0.2) is 0 Å². The number of unbranched alkanes of at least 4 members (excludes halogenated alkanes) is 19. The first-order valence-electron chi connectivity index (χ1n) is 22.0. The van der Waals surface area contributed by atoms with Crippen LogP contribution in [-0.4, -0.2) is 50.2 Å². The molecule has 5 heteroatoms. The molecule has 1 aliphatic heterocycles. The van der Waals surface area contributed by atoms with E-state index in [2.05, 4.69) is 32.7 Å². The van der Waals surface area contributed by atoms with Crippen LogP contribution in [0.1, 0.15) is 227 Å². The summed E-state index contributed by atoms with van der Waals surface area (Å²) in [6.07, 6.45) is 38.8. The number of likely N-dealkylation sites (tertiary alicyclic amines) is 1. The van der Waals surface area contributed by atoms with Gasteiger partial charge in [-0.05, 0) is 64.0 Å². The van der Waals surface area contributed by atoms with Crippen molar-refractivity contribution < 1.29 is 19.1 Å². The Kier molecular flexibility index (Phi) is 35.5. The summed E-state index contributed by atoms with van der Waals surface area (Å²) >= 11 is 0. The Bertz CT molecular complexity index is 725. The fourth-order valence-corrected chi connectivity index (χ4v) is 7.70. The van der Waals surface area contributed by atoms with Crippen molar-refractivity contribution in [2.45, 2.75) is 227 Å². The van der Waals surface area contributed by atoms with Gasteiger partial charge in [-0.15, -0.1) is 0 Å². The number of ether oxygens (including phenoxy) is 2. The van der Waals surface area contributed by atoms with Gasteiger partial charge < -0.3 is 14.4 Å². The van der Waals surface area contributed by atoms with Gasteiger partial charge in [0.05, 0.1) is 19.1 Å². The van der Waals surface area contributed by atoms with Crippen LogP contribution in [0, 0.1) is 17.8 Å². The number of esters is 2. The maximum atomic E-state index is 12.7. The molecule has 0 radical (unpaired) electrons. The van der Waals surface area contributed by atoms with E-state index in [4.69, 9.17) is 9.47 Å². The molecule has 0 aromatic carbocycles. The third kappa shape index (κ3) is 29.5. The predicted octanol–water partition coefficient (Wildman–Crippen LogP) is 13.7. The average Bonchev–Trinajstić information content (AvgIpc) is 3.54. The van der Waals surface area contributed by atoms with Crippen molar-refractivity contribution in [2.24, 2.45) is 17.8 Å². The van der Waals surface area contributed by atoms with E-state index >= 15 is 0 Å². The fraction of sp³-hybridized carbons (Fsp3) is 0.956. The Balaban J connectivity index is 0.0000240. The highest BCUT2D eigenvalue weighted by Gasteiger charge is 2.28. The molecule has 5 nitrogen and oxygen atoms in total. The highest BCUT2D eigenvalue weighted by molar-refractivity contribution is 5.73. The lowest BCUT2D eigenvalue weighted by Gasteiger charge is -2.19. The predicted molar refractivity (Wildman–Crippen MR) is 217 cm³/mol. The zero-order valence-corrected chi connectivity index (χ0v) is 33.6. The Morgan fingerprint density at radius 2 is 0.980 bits per heavy atom. The normalized spacial score (nSPS) is 15.3. The number of hydrogen-bond donors (Lipinski definition) is 0. The minimum atomic E-state index is -0.0486. The molecule has 1 aliphatic rings. The summed E-state index contributed by atoms with van der Waals surface area (Å²) in [5.74, 6) is 1.08. The molecule has 0 aromatic rings. The Labute approximate surface area is 313 Å². The van der Waals surface area contributed by atoms with Gasteiger partial charge in [0.15, 0.2) is 0 Å². The zero-order valence-electron chi connectivity index (χ0n) is 33.6. The molecule has 0 bridgehead atoms. The summed E-state index contributed by atoms with van der Waals surface area (Å²) in [5.41, 5.74) is 0. The minimum absolute atomic E-state index is 0. The largest absolute Gasteiger partial charge is 0.466 e. The summed E-state index contributed by atoms with van der Waals surface area (Å²) in [6, 6.07) is 0. The number of hydrogen-bond acceptors (Lipinski definition) is 5. The van der Waals surface area contributed by atoms with Gasteiger partial charge in [-0.2, -0.15) is 0 Å². The highest BCUT2D eigenvalue weighted by atomic mass is 16.5. The van der Waals surface area contributed by atoms with Crippen LogP contribution in [0.3, 0.4) is 0 Å². The highest BCUT2D eigenvalue weighted by Crippen LogP contribution is 2.25. The van der Waals surface area contributed by atoms with Gasteiger partial charge >= 0.3 is 11.9 Å². The Morgan fingerprint density at radius 1 is 0.560 bits per heavy atom. The molecule has 2 atom stereocenters. The zero-order chi connectivity index (χ0) is 35.6. The molecule has 1 heterocycles. The summed E-state index contributed by atoms with van der Waals surface area (Å²) in [4.78, 5) is 27.6. The molecule has 1 saturated heterocycles. The molecule has 0 aromatic heterocycles. The van der Waals surface area contributed by atoms with E-state index in [0.29, 0.717) is 25.6 Å². The van der Waals surface area contributed by atoms with Crippen LogP contribution in [0.5, 0.6) is 0 Å². The summed E-state index contributed by atoms with van der Waals surface area (Å²) < 4.78 is 11.6. The van der Waals surface area contributed by atoms with E-state index < -0.39 is 0 Å². The lowest BCUT2D eigenvalue weighted by Crippen LogP contribution is -2.24. The number of rotatable bonds is 36. The van der Waals surface area contributed by atoms with Gasteiger partial charge in [0.25, 0.3) is 0 Å². The van der Waals surface area contributed by atoms with Crippen molar-refractivity contribution in [3.63, 3.8) is 0 Å². The third-order valence-electron chi connectivity index (χ3n) is 11.1. The van der Waals surface area contributed by atoms with Crippen LogP contribution >= 0.6 is 0 Å². The SMILES string of the molecule is C.CCCCCCCCCCC(CCCC(=O)OCCCC(CCCCCCCCC)CCCCCCCCC)COC(=O)C1CCN(C)C1. The average molecular weight is 708 g/mol. The van der Waals surface area contributed by atoms with Crippen LogP contribution in [0.25, 0.3) is 0 Å². The fourth-order valence-electron chi connectivity index (χ4n) is 7.70. The quantitative estimate of drug-likeness (QED) is 0.0479. The van der Waals surface area contributed by atoms with Gasteiger partial charge in [0, 0.05) is 13.0 Å².